The maximum absolute atomic E-state index is 18.0. The first kappa shape index (κ1) is 84.0. The van der Waals surface area contributed by atoms with Crippen molar-refractivity contribution >= 4 is 65.1 Å². The number of ether oxygens (including phenoxy) is 9. The summed E-state index contributed by atoms with van der Waals surface area (Å²) in [5, 5.41) is 30.6. The van der Waals surface area contributed by atoms with Crippen LogP contribution in [-0.4, -0.2) is 203 Å². The number of rotatable bonds is 40. The Bertz CT molecular complexity index is 3380. The highest BCUT2D eigenvalue weighted by atomic mass is 19.1. The number of aliphatic hydroxyl groups is 1. The molecule has 1 heterocycles. The average molecular weight is 1490 g/mol. The van der Waals surface area contributed by atoms with Gasteiger partial charge < -0.3 is 90.7 Å². The van der Waals surface area contributed by atoms with Gasteiger partial charge in [0, 0.05) is 54.8 Å². The highest BCUT2D eigenvalue weighted by Gasteiger charge is 2.80. The van der Waals surface area contributed by atoms with E-state index in [1.807, 2.05) is 20.8 Å². The first-order chi connectivity index (χ1) is 50.4. The number of hydrogen-bond donors (Lipinski definition) is 9. The number of benzene rings is 1. The van der Waals surface area contributed by atoms with E-state index in [-0.39, 0.29) is 89.4 Å². The Balaban J connectivity index is 0.738. The highest BCUT2D eigenvalue weighted by Crippen LogP contribution is 2.72. The van der Waals surface area contributed by atoms with Gasteiger partial charge in [0.15, 0.2) is 29.9 Å². The Hall–Kier alpha value is -7.66. The van der Waals surface area contributed by atoms with Gasteiger partial charge in [-0.25, -0.2) is 28.0 Å². The average Bonchev–Trinajstić information content (AvgIpc) is 1.43. The maximum atomic E-state index is 18.0. The van der Waals surface area contributed by atoms with Crippen LogP contribution in [0.2, 0.25) is 0 Å². The Labute approximate surface area is 619 Å². The number of urea groups is 1. The summed E-state index contributed by atoms with van der Waals surface area (Å²) >= 11 is 0. The smallest absolute Gasteiger partial charge is 0.408 e. The molecule has 5 fully saturated rings. The number of alkyl carbamates (subject to hydrolysis) is 2. The molecule has 3 unspecified atom stereocenters. The highest BCUT2D eigenvalue weighted by molar-refractivity contribution is 6.02. The van der Waals surface area contributed by atoms with Crippen molar-refractivity contribution < 1.29 is 104 Å². The minimum atomic E-state index is -2.43. The van der Waals surface area contributed by atoms with Gasteiger partial charge in [-0.3, -0.25) is 28.8 Å². The van der Waals surface area contributed by atoms with Gasteiger partial charge in [0.1, 0.15) is 36.4 Å². The molecule has 6 aliphatic carbocycles. The molecule has 7 aliphatic rings. The standard InChI is InChI=1S/C76H110F2N8O20/c1-10-16-63-105-61-40-53-54-39-56(77)55-38-49(87)24-26-73(55,8)75(54,78)59(88)41-74(53,9)76(61,106-63)60(89)44-102-68(94)72(6,7)86-66(92)58(37-45(2)3)84-71(97)103-42-47-20-22-48(23-21-47)82-65(91)57(19-15-27-80-69(79)95)83-67(93)64(46(4)5)85-62(90)25-29-98-31-33-100-35-36-101-34-32-99-30-28-81-70(96)104-43-52-50-17-13-11-12-14-18-51(50)52/h20-24,26,38,45-46,50-54,56-59,61,63-64,88H,10,13-19,25,27-37,39-44H2,1-9H3,(H,81,96)(H,82,91)(H,83,93)(H,84,97)(H,85,90)(H,86,92)(H3,79,80,95)/t50-,51+,52?,53?,54-,56-,57-,58-,59-,61+,63?,64-,73-,74-,75-,76+/m0/s1. The van der Waals surface area contributed by atoms with E-state index in [1.54, 1.807) is 32.9 Å². The fourth-order valence-electron chi connectivity index (χ4n) is 16.2. The number of anilines is 1. The molecule has 0 bridgehead atoms. The fraction of sp³-hybridized carbons (Fsp3) is 0.711. The van der Waals surface area contributed by atoms with E-state index in [9.17, 15) is 53.1 Å². The molecule has 0 spiro atoms. The predicted molar refractivity (Wildman–Crippen MR) is 381 cm³/mol. The number of nitrogens with one attached hydrogen (secondary N) is 7. The second-order valence-corrected chi connectivity index (χ2v) is 30.4. The molecule has 28 nitrogen and oxygen atoms in total. The molecule has 10 N–H and O–H groups in total. The Morgan fingerprint density at radius 2 is 1.42 bits per heavy atom. The van der Waals surface area contributed by atoms with Crippen LogP contribution in [0.4, 0.5) is 28.9 Å². The topological polar surface area (TPSA) is 384 Å². The molecule has 8 rings (SSSR count). The van der Waals surface area contributed by atoms with Crippen LogP contribution in [-0.2, 0) is 82.8 Å². The van der Waals surface area contributed by atoms with Crippen molar-refractivity contribution in [1.29, 1.82) is 0 Å². The molecule has 0 radical (unpaired) electrons. The molecular weight excluding hydrogens is 1380 g/mol. The number of ketones is 2. The monoisotopic (exact) mass is 1490 g/mol. The van der Waals surface area contributed by atoms with E-state index in [0.717, 1.165) is 31.8 Å². The van der Waals surface area contributed by atoms with Crippen molar-refractivity contribution in [3.8, 4) is 11.8 Å². The van der Waals surface area contributed by atoms with E-state index in [2.05, 4.69) is 49.1 Å². The van der Waals surface area contributed by atoms with Gasteiger partial charge in [-0.15, -0.1) is 11.8 Å². The molecule has 16 atom stereocenters. The predicted octanol–water partition coefficient (Wildman–Crippen LogP) is 6.18. The number of Topliss-reactive ketones (excluding diaryl/α,β-unsaturated/α-hetero) is 1. The number of halogens is 2. The van der Waals surface area contributed by atoms with Crippen LogP contribution in [0.15, 0.2) is 48.1 Å². The van der Waals surface area contributed by atoms with E-state index < -0.39 is 154 Å². The number of carbonyl (C=O) groups is 10. The van der Waals surface area contributed by atoms with Gasteiger partial charge in [-0.05, 0) is 149 Å². The number of primary amides is 1. The summed E-state index contributed by atoms with van der Waals surface area (Å²) in [5.74, 6) is 0.840. The van der Waals surface area contributed by atoms with Crippen molar-refractivity contribution in [2.75, 3.05) is 84.5 Å². The van der Waals surface area contributed by atoms with E-state index in [4.69, 9.17) is 48.4 Å². The third kappa shape index (κ3) is 20.8. The zero-order chi connectivity index (χ0) is 77.2. The van der Waals surface area contributed by atoms with Crippen LogP contribution in [0.3, 0.4) is 0 Å². The number of fused-ring (bicyclic) bond motifs is 8. The summed E-state index contributed by atoms with van der Waals surface area (Å²) in [6, 6.07) is 2.02. The largest absolute Gasteiger partial charge is 0.456 e. The lowest BCUT2D eigenvalue weighted by molar-refractivity contribution is -0.235. The van der Waals surface area contributed by atoms with Crippen molar-refractivity contribution in [3.63, 3.8) is 0 Å². The second kappa shape index (κ2) is 37.9. The van der Waals surface area contributed by atoms with Crippen molar-refractivity contribution in [2.24, 2.45) is 58.0 Å². The number of nitrogens with two attached hydrogens (primary N) is 1. The molecule has 8 amide bonds. The van der Waals surface area contributed by atoms with Gasteiger partial charge in [0.05, 0.1) is 71.7 Å². The molecule has 1 aromatic carbocycles. The molecule has 4 saturated carbocycles. The molecule has 588 valence electrons. The van der Waals surface area contributed by atoms with E-state index in [1.165, 1.54) is 45.1 Å². The number of alkyl halides is 2. The van der Waals surface area contributed by atoms with Gasteiger partial charge in [-0.1, -0.05) is 66.2 Å². The zero-order valence-corrected chi connectivity index (χ0v) is 62.5. The Morgan fingerprint density at radius 3 is 2.06 bits per heavy atom. The number of hydrogen-bond acceptors (Lipinski definition) is 20. The van der Waals surface area contributed by atoms with Crippen LogP contribution in [0.5, 0.6) is 0 Å². The van der Waals surface area contributed by atoms with Gasteiger partial charge in [0.2, 0.25) is 29.4 Å². The van der Waals surface area contributed by atoms with Crippen LogP contribution < -0.4 is 43.0 Å². The summed E-state index contributed by atoms with van der Waals surface area (Å²) in [7, 11) is 0. The lowest BCUT2D eigenvalue weighted by Gasteiger charge is -2.63. The molecule has 1 aromatic rings. The quantitative estimate of drug-likeness (QED) is 0.0153. The van der Waals surface area contributed by atoms with Crippen LogP contribution >= 0.6 is 0 Å². The molecule has 106 heavy (non-hydrogen) atoms. The summed E-state index contributed by atoms with van der Waals surface area (Å²) in [6.07, 6.45) is 1.57. The third-order valence-electron chi connectivity index (χ3n) is 21.8. The lowest BCUT2D eigenvalue weighted by Crippen LogP contribution is -2.71. The van der Waals surface area contributed by atoms with Gasteiger partial charge in [0.25, 0.3) is 0 Å². The Kier molecular flexibility index (Phi) is 30.0. The minimum Gasteiger partial charge on any atom is -0.456 e. The van der Waals surface area contributed by atoms with Crippen molar-refractivity contribution in [2.45, 2.75) is 212 Å². The van der Waals surface area contributed by atoms with Crippen LogP contribution in [0.25, 0.3) is 0 Å². The number of aliphatic hydroxyl groups excluding tert-OH is 1. The summed E-state index contributed by atoms with van der Waals surface area (Å²) in [5.41, 5.74) is -3.12. The number of allylic oxidation sites excluding steroid dienone is 4. The fourth-order valence-corrected chi connectivity index (χ4v) is 16.2. The van der Waals surface area contributed by atoms with Crippen molar-refractivity contribution in [1.82, 2.24) is 31.9 Å². The summed E-state index contributed by atoms with van der Waals surface area (Å²) in [4.78, 5) is 133. The molecule has 1 saturated heterocycles. The van der Waals surface area contributed by atoms with Gasteiger partial charge >= 0.3 is 24.2 Å². The Morgan fingerprint density at radius 1 is 0.774 bits per heavy atom. The van der Waals surface area contributed by atoms with Crippen LogP contribution in [0, 0.1) is 64.1 Å². The minimum absolute atomic E-state index is 0.0406. The van der Waals surface area contributed by atoms with Crippen molar-refractivity contribution in [3.05, 3.63) is 53.6 Å². The van der Waals surface area contributed by atoms with E-state index >= 15 is 8.78 Å². The van der Waals surface area contributed by atoms with E-state index in [0.29, 0.717) is 88.0 Å². The maximum Gasteiger partial charge on any atom is 0.408 e. The first-order valence-electron chi connectivity index (χ1n) is 37.3. The summed E-state index contributed by atoms with van der Waals surface area (Å²) < 4.78 is 86.1. The molecule has 30 heteroatoms. The number of amides is 8. The normalized spacial score (nSPS) is 28.3. The molecule has 0 aromatic heterocycles. The number of carbonyl (C=O) groups excluding carboxylic acids is 10. The zero-order valence-electron chi connectivity index (χ0n) is 62.5. The number of esters is 1. The van der Waals surface area contributed by atoms with Gasteiger partial charge in [-0.2, -0.15) is 0 Å². The molecule has 1 aliphatic heterocycles. The first-order valence-corrected chi connectivity index (χ1v) is 37.3. The summed E-state index contributed by atoms with van der Waals surface area (Å²) in [6.45, 7) is 16.7. The third-order valence-corrected chi connectivity index (χ3v) is 21.8. The van der Waals surface area contributed by atoms with Crippen LogP contribution in [0.1, 0.15) is 151 Å². The second-order valence-electron chi connectivity index (χ2n) is 30.4. The molecular formula is C76H110F2N8O20. The lowest BCUT2D eigenvalue weighted by atomic mass is 9.44. The SMILES string of the molecule is CCCC1O[C@@H]2CC3[C@@H]4C[C@H](F)C5=CC(=O)C=C[C@]5(C)[C@@]4(F)[C@@H](O)C[C@]3(C)[C@]2(C(=O)COC(=O)C(C)(C)NC(=O)[C@H](CC(C)C)NC(=O)OCc2ccc(NC(=O)[C@H](CCCNC(N)=O)NC(=O)[C@@H](NC(=O)CCOCCOCCOCCOCCNC(=O)OCC3[C@H]4CCC#CCC[C@@H]34)C(C)C)cc2)O1.